The summed E-state index contributed by atoms with van der Waals surface area (Å²) in [7, 11) is 0. The highest BCUT2D eigenvalue weighted by molar-refractivity contribution is 5.94. The molecule has 0 unspecified atom stereocenters. The zero-order valence-corrected chi connectivity index (χ0v) is 12.3. The van der Waals surface area contributed by atoms with Crippen molar-refractivity contribution in [3.05, 3.63) is 35.9 Å². The molecule has 0 aliphatic heterocycles. The number of hydrogen-bond donors (Lipinski definition) is 0. The number of benzene rings is 2. The van der Waals surface area contributed by atoms with Crippen molar-refractivity contribution in [1.29, 1.82) is 0 Å². The summed E-state index contributed by atoms with van der Waals surface area (Å²) in [4.78, 5) is 11.0. The van der Waals surface area contributed by atoms with Gasteiger partial charge in [0.1, 0.15) is 17.8 Å². The van der Waals surface area contributed by atoms with Crippen molar-refractivity contribution in [2.45, 2.75) is 39.9 Å². The number of carbonyl (C=O) groups excluding carboxylic acids is 1. The lowest BCUT2D eigenvalue weighted by atomic mass is 10.1. The Kier molecular flexibility index (Phi) is 4.28. The van der Waals surface area contributed by atoms with Crippen LogP contribution >= 0.6 is 0 Å². The third-order valence-corrected chi connectivity index (χ3v) is 2.78. The van der Waals surface area contributed by atoms with Crippen LogP contribution < -0.4 is 9.47 Å². The van der Waals surface area contributed by atoms with Crippen LogP contribution in [-0.4, -0.2) is 18.5 Å². The molecule has 0 atom stereocenters. The summed E-state index contributed by atoms with van der Waals surface area (Å²) in [6.45, 7) is 7.91. The molecular weight excluding hydrogens is 252 g/mol. The van der Waals surface area contributed by atoms with Gasteiger partial charge < -0.3 is 9.47 Å². The van der Waals surface area contributed by atoms with Gasteiger partial charge >= 0.3 is 0 Å². The number of rotatable bonds is 5. The molecule has 106 valence electrons. The molecule has 0 aliphatic rings. The normalized spacial score (nSPS) is 11.1. The average Bonchev–Trinajstić information content (AvgIpc) is 2.37. The van der Waals surface area contributed by atoms with E-state index in [-0.39, 0.29) is 12.2 Å². The second kappa shape index (κ2) is 5.95. The van der Waals surface area contributed by atoms with Crippen molar-refractivity contribution < 1.29 is 14.3 Å². The largest absolute Gasteiger partial charge is 0.491 e. The minimum atomic E-state index is 0.0507. The van der Waals surface area contributed by atoms with Gasteiger partial charge in [0, 0.05) is 10.9 Å². The minimum absolute atomic E-state index is 0.0507. The molecule has 0 N–H and O–H groups in total. The Morgan fingerprint density at radius 3 is 2.25 bits per heavy atom. The zero-order chi connectivity index (χ0) is 14.7. The fraction of sp³-hybridized carbons (Fsp3) is 0.353. The van der Waals surface area contributed by atoms with E-state index in [9.17, 15) is 4.79 Å². The summed E-state index contributed by atoms with van der Waals surface area (Å²) in [5.74, 6) is 1.52. The fourth-order valence-corrected chi connectivity index (χ4v) is 2.09. The van der Waals surface area contributed by atoms with E-state index in [0.717, 1.165) is 22.8 Å². The first-order chi connectivity index (χ1) is 9.49. The van der Waals surface area contributed by atoms with Crippen molar-refractivity contribution in [3.8, 4) is 11.5 Å². The second-order valence-corrected chi connectivity index (χ2v) is 5.35. The van der Waals surface area contributed by atoms with Crippen LogP contribution in [0, 0.1) is 0 Å². The molecule has 0 radical (unpaired) electrons. The summed E-state index contributed by atoms with van der Waals surface area (Å²) in [5, 5.41) is 1.93. The smallest absolute Gasteiger partial charge is 0.150 e. The lowest BCUT2D eigenvalue weighted by molar-refractivity contribution is 0.112. The molecule has 2 aromatic carbocycles. The van der Waals surface area contributed by atoms with E-state index in [2.05, 4.69) is 0 Å². The Morgan fingerprint density at radius 1 is 0.950 bits per heavy atom. The van der Waals surface area contributed by atoms with Crippen LogP contribution in [0.15, 0.2) is 30.3 Å². The SMILES string of the molecule is CC(C)Oc1ccc2cc(C=O)cc(OC(C)C)c2c1. The van der Waals surface area contributed by atoms with Gasteiger partial charge in [0.25, 0.3) is 0 Å². The predicted octanol–water partition coefficient (Wildman–Crippen LogP) is 4.23. The molecule has 2 aromatic rings. The first-order valence-corrected chi connectivity index (χ1v) is 6.86. The molecule has 0 heterocycles. The molecule has 0 amide bonds. The molecule has 0 bridgehead atoms. The fourth-order valence-electron chi connectivity index (χ4n) is 2.09. The van der Waals surface area contributed by atoms with Crippen LogP contribution in [0.3, 0.4) is 0 Å². The molecule has 0 fully saturated rings. The van der Waals surface area contributed by atoms with Crippen LogP contribution in [-0.2, 0) is 0 Å². The lowest BCUT2D eigenvalue weighted by Crippen LogP contribution is -2.07. The summed E-state index contributed by atoms with van der Waals surface area (Å²) in [6.07, 6.45) is 1.01. The second-order valence-electron chi connectivity index (χ2n) is 5.35. The maximum Gasteiger partial charge on any atom is 0.150 e. The number of aldehydes is 1. The number of ether oxygens (including phenoxy) is 2. The van der Waals surface area contributed by atoms with Gasteiger partial charge in [0.05, 0.1) is 12.2 Å². The van der Waals surface area contributed by atoms with Gasteiger partial charge in [-0.05, 0) is 57.3 Å². The van der Waals surface area contributed by atoms with Gasteiger partial charge in [0.2, 0.25) is 0 Å². The van der Waals surface area contributed by atoms with Crippen molar-refractivity contribution in [1.82, 2.24) is 0 Å². The molecular formula is C17H20O3. The zero-order valence-electron chi connectivity index (χ0n) is 12.3. The summed E-state index contributed by atoms with van der Waals surface area (Å²) in [5.41, 5.74) is 0.616. The molecule has 0 spiro atoms. The van der Waals surface area contributed by atoms with E-state index in [1.807, 2.05) is 52.0 Å². The summed E-state index contributed by atoms with van der Waals surface area (Å²) in [6, 6.07) is 9.45. The Balaban J connectivity index is 2.55. The van der Waals surface area contributed by atoms with E-state index in [0.29, 0.717) is 11.3 Å². The van der Waals surface area contributed by atoms with Gasteiger partial charge in [-0.15, -0.1) is 0 Å². The van der Waals surface area contributed by atoms with Gasteiger partial charge in [-0.3, -0.25) is 4.79 Å². The maximum atomic E-state index is 11.0. The van der Waals surface area contributed by atoms with Crippen LogP contribution in [0.2, 0.25) is 0 Å². The number of carbonyl (C=O) groups is 1. The highest BCUT2D eigenvalue weighted by atomic mass is 16.5. The van der Waals surface area contributed by atoms with E-state index in [1.165, 1.54) is 0 Å². The van der Waals surface area contributed by atoms with E-state index in [1.54, 1.807) is 6.07 Å². The maximum absolute atomic E-state index is 11.0. The van der Waals surface area contributed by atoms with Crippen LogP contribution in [0.25, 0.3) is 10.8 Å². The molecule has 0 aliphatic carbocycles. The molecule has 3 heteroatoms. The van der Waals surface area contributed by atoms with E-state index in [4.69, 9.17) is 9.47 Å². The average molecular weight is 272 g/mol. The van der Waals surface area contributed by atoms with E-state index < -0.39 is 0 Å². The van der Waals surface area contributed by atoms with Gasteiger partial charge in [-0.1, -0.05) is 6.07 Å². The van der Waals surface area contributed by atoms with Crippen LogP contribution in [0.5, 0.6) is 11.5 Å². The minimum Gasteiger partial charge on any atom is -0.491 e. The Labute approximate surface area is 119 Å². The molecule has 2 rings (SSSR count). The van der Waals surface area contributed by atoms with Gasteiger partial charge in [0.15, 0.2) is 0 Å². The quantitative estimate of drug-likeness (QED) is 0.764. The standard InChI is InChI=1S/C17H20O3/c1-11(2)19-15-6-5-14-7-13(10-18)8-17(16(14)9-15)20-12(3)4/h5-12H,1-4H3. The first kappa shape index (κ1) is 14.4. The first-order valence-electron chi connectivity index (χ1n) is 6.86. The predicted molar refractivity (Wildman–Crippen MR) is 80.9 cm³/mol. The van der Waals surface area contributed by atoms with Gasteiger partial charge in [-0.2, -0.15) is 0 Å². The van der Waals surface area contributed by atoms with Crippen molar-refractivity contribution in [2.24, 2.45) is 0 Å². The molecule has 0 saturated heterocycles. The summed E-state index contributed by atoms with van der Waals surface area (Å²) >= 11 is 0. The third kappa shape index (κ3) is 3.29. The Bertz CT molecular complexity index is 615. The van der Waals surface area contributed by atoms with Crippen molar-refractivity contribution in [3.63, 3.8) is 0 Å². The molecule has 0 aromatic heterocycles. The highest BCUT2D eigenvalue weighted by Gasteiger charge is 2.09. The van der Waals surface area contributed by atoms with Gasteiger partial charge in [-0.25, -0.2) is 0 Å². The molecule has 3 nitrogen and oxygen atoms in total. The van der Waals surface area contributed by atoms with Crippen molar-refractivity contribution >= 4 is 17.1 Å². The molecule has 20 heavy (non-hydrogen) atoms. The van der Waals surface area contributed by atoms with Crippen LogP contribution in [0.1, 0.15) is 38.1 Å². The van der Waals surface area contributed by atoms with Crippen LogP contribution in [0.4, 0.5) is 0 Å². The number of hydrogen-bond acceptors (Lipinski definition) is 3. The van der Waals surface area contributed by atoms with E-state index >= 15 is 0 Å². The monoisotopic (exact) mass is 272 g/mol. The Morgan fingerprint density at radius 2 is 1.65 bits per heavy atom. The van der Waals surface area contributed by atoms with Crippen molar-refractivity contribution in [2.75, 3.05) is 0 Å². The lowest BCUT2D eigenvalue weighted by Gasteiger charge is -2.15. The highest BCUT2D eigenvalue weighted by Crippen LogP contribution is 2.31. The Hall–Kier alpha value is -2.03. The molecule has 0 saturated carbocycles. The topological polar surface area (TPSA) is 35.5 Å². The number of fused-ring (bicyclic) bond motifs is 1. The summed E-state index contributed by atoms with van der Waals surface area (Å²) < 4.78 is 11.5. The third-order valence-electron chi connectivity index (χ3n) is 2.78.